The maximum Gasteiger partial charge on any atom is 0.0612 e. The van der Waals surface area contributed by atoms with Crippen LogP contribution in [0.3, 0.4) is 0 Å². The fourth-order valence-electron chi connectivity index (χ4n) is 0.763. The van der Waals surface area contributed by atoms with Crippen molar-refractivity contribution >= 4 is 0 Å². The second-order valence-electron chi connectivity index (χ2n) is 2.64. The number of unbranched alkanes of at least 4 members (excludes halogenated alkanes) is 1. The Bertz CT molecular complexity index is 134. The van der Waals surface area contributed by atoms with Crippen LogP contribution in [0.15, 0.2) is 23.8 Å². The van der Waals surface area contributed by atoms with Crippen molar-refractivity contribution in [3.05, 3.63) is 23.8 Å². The minimum atomic E-state index is 0.163. The van der Waals surface area contributed by atoms with E-state index in [1.165, 1.54) is 5.57 Å². The molecule has 0 atom stereocenters. The van der Waals surface area contributed by atoms with Gasteiger partial charge in [-0.05, 0) is 26.2 Å². The van der Waals surface area contributed by atoms with Gasteiger partial charge in [-0.2, -0.15) is 0 Å². The van der Waals surface area contributed by atoms with E-state index in [4.69, 9.17) is 5.11 Å². The Morgan fingerprint density at radius 2 is 2.00 bits per heavy atom. The molecule has 0 unspecified atom stereocenters. The van der Waals surface area contributed by atoms with Crippen LogP contribution >= 0.6 is 0 Å². The lowest BCUT2D eigenvalue weighted by atomic mass is 10.2. The van der Waals surface area contributed by atoms with Crippen LogP contribution in [0.4, 0.5) is 0 Å². The minimum absolute atomic E-state index is 0.163. The molecule has 0 amide bonds. The highest BCUT2D eigenvalue weighted by Gasteiger charge is 1.81. The molecule has 0 saturated heterocycles. The maximum atomic E-state index is 8.42. The molecule has 1 heteroatoms. The molecule has 0 bridgehead atoms. The topological polar surface area (TPSA) is 20.2 Å². The van der Waals surface area contributed by atoms with Crippen LogP contribution in [0.5, 0.6) is 0 Å². The molecule has 0 radical (unpaired) electrons. The van der Waals surface area contributed by atoms with E-state index >= 15 is 0 Å². The predicted octanol–water partition coefficient (Wildman–Crippen LogP) is 2.67. The van der Waals surface area contributed by atoms with Gasteiger partial charge in [-0.15, -0.1) is 0 Å². The average molecular weight is 154 g/mol. The maximum absolute atomic E-state index is 8.42. The molecular formula is C10H18O. The van der Waals surface area contributed by atoms with Crippen LogP contribution in [0.2, 0.25) is 0 Å². The van der Waals surface area contributed by atoms with Crippen LogP contribution < -0.4 is 0 Å². The van der Waals surface area contributed by atoms with Gasteiger partial charge in [0.05, 0.1) is 6.61 Å². The summed E-state index contributed by atoms with van der Waals surface area (Å²) in [6, 6.07) is 0. The van der Waals surface area contributed by atoms with Crippen LogP contribution in [0.1, 0.15) is 33.1 Å². The zero-order valence-electron chi connectivity index (χ0n) is 7.51. The van der Waals surface area contributed by atoms with Gasteiger partial charge in [0.1, 0.15) is 0 Å². The quantitative estimate of drug-likeness (QED) is 0.477. The van der Waals surface area contributed by atoms with Gasteiger partial charge in [0.25, 0.3) is 0 Å². The van der Waals surface area contributed by atoms with E-state index in [1.54, 1.807) is 6.08 Å². The predicted molar refractivity (Wildman–Crippen MR) is 49.5 cm³/mol. The average Bonchev–Trinajstić information content (AvgIpc) is 2.04. The minimum Gasteiger partial charge on any atom is -0.392 e. The second kappa shape index (κ2) is 7.55. The molecule has 0 aliphatic carbocycles. The molecule has 0 aliphatic heterocycles. The third-order valence-electron chi connectivity index (χ3n) is 1.66. The van der Waals surface area contributed by atoms with E-state index in [9.17, 15) is 0 Å². The largest absolute Gasteiger partial charge is 0.392 e. The van der Waals surface area contributed by atoms with Gasteiger partial charge in [0.2, 0.25) is 0 Å². The lowest BCUT2D eigenvalue weighted by Crippen LogP contribution is -1.74. The third-order valence-corrected chi connectivity index (χ3v) is 1.66. The standard InChI is InChI=1S/C10H18O/c1-3-10(2)8-6-4-5-7-9-11/h5,7-8,11H,3-4,6,9H2,1-2H3. The van der Waals surface area contributed by atoms with E-state index in [0.29, 0.717) is 0 Å². The number of aliphatic hydroxyl groups excluding tert-OH is 1. The molecule has 11 heavy (non-hydrogen) atoms. The first-order chi connectivity index (χ1) is 5.31. The summed E-state index contributed by atoms with van der Waals surface area (Å²) in [5.41, 5.74) is 1.45. The first-order valence-electron chi connectivity index (χ1n) is 4.22. The Kier molecular flexibility index (Phi) is 7.16. The summed E-state index contributed by atoms with van der Waals surface area (Å²) in [5.74, 6) is 0. The Hall–Kier alpha value is -0.560. The normalized spacial score (nSPS) is 12.8. The van der Waals surface area contributed by atoms with E-state index in [1.807, 2.05) is 6.08 Å². The van der Waals surface area contributed by atoms with Gasteiger partial charge in [-0.1, -0.05) is 30.7 Å². The van der Waals surface area contributed by atoms with Crippen molar-refractivity contribution in [2.24, 2.45) is 0 Å². The number of aliphatic hydroxyl groups is 1. The molecule has 0 spiro atoms. The molecule has 64 valence electrons. The van der Waals surface area contributed by atoms with Gasteiger partial charge >= 0.3 is 0 Å². The van der Waals surface area contributed by atoms with Gasteiger partial charge in [-0.3, -0.25) is 0 Å². The summed E-state index contributed by atoms with van der Waals surface area (Å²) in [4.78, 5) is 0. The van der Waals surface area contributed by atoms with Crippen molar-refractivity contribution in [1.29, 1.82) is 0 Å². The van der Waals surface area contributed by atoms with E-state index in [-0.39, 0.29) is 6.61 Å². The van der Waals surface area contributed by atoms with Crippen molar-refractivity contribution in [2.75, 3.05) is 6.61 Å². The highest BCUT2D eigenvalue weighted by molar-refractivity contribution is 4.97. The SMILES string of the molecule is CCC(C)=CCCC=CCO. The zero-order chi connectivity index (χ0) is 8.53. The molecule has 0 aromatic carbocycles. The summed E-state index contributed by atoms with van der Waals surface area (Å²) >= 11 is 0. The van der Waals surface area contributed by atoms with Crippen molar-refractivity contribution < 1.29 is 5.11 Å². The lowest BCUT2D eigenvalue weighted by molar-refractivity contribution is 0.342. The summed E-state index contributed by atoms with van der Waals surface area (Å²) in [7, 11) is 0. The van der Waals surface area contributed by atoms with Crippen LogP contribution in [-0.2, 0) is 0 Å². The number of hydrogen-bond donors (Lipinski definition) is 1. The molecule has 0 aliphatic rings. The molecule has 0 rings (SSSR count). The smallest absolute Gasteiger partial charge is 0.0612 e. The third kappa shape index (κ3) is 7.34. The van der Waals surface area contributed by atoms with Crippen LogP contribution in [-0.4, -0.2) is 11.7 Å². The Labute approximate surface area is 69.4 Å². The number of rotatable bonds is 5. The van der Waals surface area contributed by atoms with Crippen molar-refractivity contribution in [1.82, 2.24) is 0 Å². The van der Waals surface area contributed by atoms with Crippen LogP contribution in [0, 0.1) is 0 Å². The molecule has 0 aromatic rings. The molecule has 0 aromatic heterocycles. The van der Waals surface area contributed by atoms with Crippen molar-refractivity contribution in [3.63, 3.8) is 0 Å². The summed E-state index contributed by atoms with van der Waals surface area (Å²) < 4.78 is 0. The van der Waals surface area contributed by atoms with E-state index in [0.717, 1.165) is 19.3 Å². The lowest BCUT2D eigenvalue weighted by Gasteiger charge is -1.92. The van der Waals surface area contributed by atoms with Crippen molar-refractivity contribution in [3.8, 4) is 0 Å². The molecule has 1 nitrogen and oxygen atoms in total. The zero-order valence-corrected chi connectivity index (χ0v) is 7.51. The summed E-state index contributed by atoms with van der Waals surface area (Å²) in [6.07, 6.45) is 9.33. The first-order valence-corrected chi connectivity index (χ1v) is 4.22. The highest BCUT2D eigenvalue weighted by Crippen LogP contribution is 2.02. The number of hydrogen-bond acceptors (Lipinski definition) is 1. The van der Waals surface area contributed by atoms with E-state index in [2.05, 4.69) is 19.9 Å². The van der Waals surface area contributed by atoms with Crippen LogP contribution in [0.25, 0.3) is 0 Å². The van der Waals surface area contributed by atoms with E-state index < -0.39 is 0 Å². The Morgan fingerprint density at radius 3 is 2.55 bits per heavy atom. The monoisotopic (exact) mass is 154 g/mol. The first kappa shape index (κ1) is 10.4. The van der Waals surface area contributed by atoms with Gasteiger partial charge in [0.15, 0.2) is 0 Å². The van der Waals surface area contributed by atoms with Crippen molar-refractivity contribution in [2.45, 2.75) is 33.1 Å². The molecule has 1 N–H and O–H groups in total. The molecule has 0 fully saturated rings. The Balaban J connectivity index is 3.33. The van der Waals surface area contributed by atoms with Gasteiger partial charge in [0, 0.05) is 0 Å². The summed E-state index contributed by atoms with van der Waals surface area (Å²) in [5, 5.41) is 8.42. The second-order valence-corrected chi connectivity index (χ2v) is 2.64. The Morgan fingerprint density at radius 1 is 1.27 bits per heavy atom. The molecular weight excluding hydrogens is 136 g/mol. The highest BCUT2D eigenvalue weighted by atomic mass is 16.2. The number of allylic oxidation sites excluding steroid dienone is 3. The fourth-order valence-corrected chi connectivity index (χ4v) is 0.763. The van der Waals surface area contributed by atoms with Gasteiger partial charge in [-0.25, -0.2) is 0 Å². The summed E-state index contributed by atoms with van der Waals surface area (Å²) in [6.45, 7) is 4.47. The molecule has 0 heterocycles. The fraction of sp³-hybridized carbons (Fsp3) is 0.600. The van der Waals surface area contributed by atoms with Gasteiger partial charge < -0.3 is 5.11 Å². The molecule has 0 saturated carbocycles.